The van der Waals surface area contributed by atoms with Gasteiger partial charge in [-0.3, -0.25) is 9.59 Å². The van der Waals surface area contributed by atoms with Crippen molar-refractivity contribution in [1.82, 2.24) is 4.90 Å². The van der Waals surface area contributed by atoms with Gasteiger partial charge in [0.15, 0.2) is 6.61 Å². The van der Waals surface area contributed by atoms with Gasteiger partial charge in [0, 0.05) is 31.7 Å². The van der Waals surface area contributed by atoms with E-state index in [1.807, 2.05) is 41.3 Å². The van der Waals surface area contributed by atoms with Crippen LogP contribution in [0.2, 0.25) is 0 Å². The highest BCUT2D eigenvalue weighted by Crippen LogP contribution is 2.27. The number of hydrogen-bond acceptors (Lipinski definition) is 4. The molecular weight excluding hydrogens is 356 g/mol. The zero-order chi connectivity index (χ0) is 19.5. The number of benzene rings is 2. The molecule has 0 bridgehead atoms. The molecule has 2 aliphatic rings. The third-order valence-corrected chi connectivity index (χ3v) is 5.25. The van der Waals surface area contributed by atoms with Crippen LogP contribution in [0.4, 0.5) is 5.69 Å². The van der Waals surface area contributed by atoms with Crippen LogP contribution in [0.1, 0.15) is 34.3 Å². The summed E-state index contributed by atoms with van der Waals surface area (Å²) in [7, 11) is 0. The molecule has 0 unspecified atom stereocenters. The number of esters is 1. The van der Waals surface area contributed by atoms with E-state index in [1.165, 1.54) is 0 Å². The Morgan fingerprint density at radius 1 is 0.964 bits per heavy atom. The number of hydrogen-bond donors (Lipinski definition) is 0. The van der Waals surface area contributed by atoms with Crippen LogP contribution in [0, 0.1) is 0 Å². The lowest BCUT2D eigenvalue weighted by Crippen LogP contribution is -2.33. The number of para-hydroxylation sites is 1. The van der Waals surface area contributed by atoms with E-state index in [0.717, 1.165) is 36.2 Å². The van der Waals surface area contributed by atoms with E-state index >= 15 is 0 Å². The third-order valence-electron chi connectivity index (χ3n) is 5.25. The normalized spacial score (nSPS) is 15.6. The van der Waals surface area contributed by atoms with E-state index in [0.29, 0.717) is 25.1 Å². The fourth-order valence-corrected chi connectivity index (χ4v) is 3.72. The Morgan fingerprint density at radius 2 is 1.75 bits per heavy atom. The van der Waals surface area contributed by atoms with Gasteiger partial charge in [0.25, 0.3) is 5.91 Å². The fraction of sp³-hybridized carbons (Fsp3) is 0.318. The fourth-order valence-electron chi connectivity index (χ4n) is 3.72. The highest BCUT2D eigenvalue weighted by molar-refractivity contribution is 5.98. The lowest BCUT2D eigenvalue weighted by molar-refractivity contribution is -0.128. The van der Waals surface area contributed by atoms with Gasteiger partial charge in [-0.25, -0.2) is 4.79 Å². The molecule has 2 aliphatic heterocycles. The van der Waals surface area contributed by atoms with Gasteiger partial charge in [0.1, 0.15) is 0 Å². The smallest absolute Gasteiger partial charge is 0.338 e. The average molecular weight is 378 g/mol. The maximum atomic E-state index is 12.4. The third kappa shape index (κ3) is 3.76. The van der Waals surface area contributed by atoms with Crippen LogP contribution in [-0.4, -0.2) is 42.4 Å². The van der Waals surface area contributed by atoms with Crippen LogP contribution in [-0.2, 0) is 27.3 Å². The van der Waals surface area contributed by atoms with E-state index in [1.54, 1.807) is 17.0 Å². The summed E-state index contributed by atoms with van der Waals surface area (Å²) in [5.74, 6) is -0.572. The van der Waals surface area contributed by atoms with Crippen molar-refractivity contribution in [2.75, 3.05) is 24.6 Å². The molecule has 1 saturated heterocycles. The molecule has 2 aromatic carbocycles. The number of anilines is 1. The molecule has 0 N–H and O–H groups in total. The largest absolute Gasteiger partial charge is 0.452 e. The minimum Gasteiger partial charge on any atom is -0.452 e. The van der Waals surface area contributed by atoms with Crippen LogP contribution in [0.25, 0.3) is 0 Å². The summed E-state index contributed by atoms with van der Waals surface area (Å²) in [5, 5.41) is 0. The molecule has 6 heteroatoms. The zero-order valence-electron chi connectivity index (χ0n) is 15.6. The van der Waals surface area contributed by atoms with Crippen molar-refractivity contribution in [2.24, 2.45) is 0 Å². The second-order valence-electron chi connectivity index (χ2n) is 7.12. The first-order valence-electron chi connectivity index (χ1n) is 9.54. The van der Waals surface area contributed by atoms with Crippen molar-refractivity contribution in [3.8, 4) is 0 Å². The Labute approximate surface area is 163 Å². The van der Waals surface area contributed by atoms with E-state index in [4.69, 9.17) is 4.74 Å². The molecular formula is C22H22N2O4. The molecule has 2 amide bonds. The standard InChI is InChI=1S/C22H22N2O4/c25-20-6-3-12-23(20)14-16-7-9-18(10-8-16)22(27)28-15-21(26)24-13-11-17-4-1-2-5-19(17)24/h1-2,4-5,7-10H,3,6,11-15H2. The summed E-state index contributed by atoms with van der Waals surface area (Å²) in [6.45, 7) is 1.67. The van der Waals surface area contributed by atoms with Gasteiger partial charge in [-0.1, -0.05) is 30.3 Å². The average Bonchev–Trinajstić information content (AvgIpc) is 3.33. The number of amides is 2. The summed E-state index contributed by atoms with van der Waals surface area (Å²) in [6.07, 6.45) is 2.33. The molecule has 2 heterocycles. The Kier molecular flexibility index (Phi) is 5.10. The van der Waals surface area contributed by atoms with Crippen LogP contribution in [0.15, 0.2) is 48.5 Å². The van der Waals surface area contributed by atoms with Gasteiger partial charge in [-0.05, 0) is 42.2 Å². The second kappa shape index (κ2) is 7.84. The van der Waals surface area contributed by atoms with E-state index in [2.05, 4.69) is 0 Å². The molecule has 0 spiro atoms. The predicted octanol–water partition coefficient (Wildman–Crippen LogP) is 2.56. The number of fused-ring (bicyclic) bond motifs is 1. The molecule has 2 aromatic rings. The van der Waals surface area contributed by atoms with Gasteiger partial charge in [-0.2, -0.15) is 0 Å². The first-order chi connectivity index (χ1) is 13.6. The molecule has 1 fully saturated rings. The number of ether oxygens (including phenoxy) is 1. The molecule has 0 saturated carbocycles. The van der Waals surface area contributed by atoms with Crippen LogP contribution >= 0.6 is 0 Å². The minimum atomic E-state index is -0.523. The van der Waals surface area contributed by atoms with Crippen LogP contribution in [0.5, 0.6) is 0 Å². The number of carbonyl (C=O) groups excluding carboxylic acids is 3. The van der Waals surface area contributed by atoms with E-state index in [9.17, 15) is 14.4 Å². The van der Waals surface area contributed by atoms with Crippen LogP contribution < -0.4 is 4.90 Å². The minimum absolute atomic E-state index is 0.172. The lowest BCUT2D eigenvalue weighted by Gasteiger charge is -2.17. The van der Waals surface area contributed by atoms with Gasteiger partial charge in [-0.15, -0.1) is 0 Å². The number of nitrogens with zero attached hydrogens (tertiary/aromatic N) is 2. The number of carbonyl (C=O) groups is 3. The Bertz CT molecular complexity index is 907. The second-order valence-corrected chi connectivity index (χ2v) is 7.12. The molecule has 0 radical (unpaired) electrons. The molecule has 144 valence electrons. The summed E-state index contributed by atoms with van der Waals surface area (Å²) >= 11 is 0. The lowest BCUT2D eigenvalue weighted by atomic mass is 10.1. The highest BCUT2D eigenvalue weighted by atomic mass is 16.5. The zero-order valence-corrected chi connectivity index (χ0v) is 15.6. The monoisotopic (exact) mass is 378 g/mol. The SMILES string of the molecule is O=C(OCC(=O)N1CCc2ccccc21)c1ccc(CN2CCCC2=O)cc1. The van der Waals surface area contributed by atoms with Crippen molar-refractivity contribution < 1.29 is 19.1 Å². The molecule has 0 aliphatic carbocycles. The van der Waals surface area contributed by atoms with Gasteiger partial charge in [0.2, 0.25) is 5.91 Å². The Morgan fingerprint density at radius 3 is 2.50 bits per heavy atom. The molecule has 0 aromatic heterocycles. The summed E-state index contributed by atoms with van der Waals surface area (Å²) < 4.78 is 5.21. The Balaban J connectivity index is 1.31. The predicted molar refractivity (Wildman–Crippen MR) is 104 cm³/mol. The molecule has 0 atom stereocenters. The van der Waals surface area contributed by atoms with Gasteiger partial charge < -0.3 is 14.5 Å². The summed E-state index contributed by atoms with van der Waals surface area (Å²) in [4.78, 5) is 39.9. The van der Waals surface area contributed by atoms with Gasteiger partial charge in [0.05, 0.1) is 5.56 Å². The summed E-state index contributed by atoms with van der Waals surface area (Å²) in [6, 6.07) is 14.8. The van der Waals surface area contributed by atoms with Gasteiger partial charge >= 0.3 is 5.97 Å². The number of rotatable bonds is 5. The quantitative estimate of drug-likeness (QED) is 0.750. The first-order valence-corrected chi connectivity index (χ1v) is 9.54. The van der Waals surface area contributed by atoms with E-state index in [-0.39, 0.29) is 18.4 Å². The van der Waals surface area contributed by atoms with Crippen molar-refractivity contribution in [1.29, 1.82) is 0 Å². The number of likely N-dealkylation sites (tertiary alicyclic amines) is 1. The van der Waals surface area contributed by atoms with Crippen molar-refractivity contribution in [2.45, 2.75) is 25.8 Å². The van der Waals surface area contributed by atoms with Crippen molar-refractivity contribution >= 4 is 23.5 Å². The topological polar surface area (TPSA) is 66.9 Å². The van der Waals surface area contributed by atoms with Crippen molar-refractivity contribution in [3.05, 3.63) is 65.2 Å². The first kappa shape index (κ1) is 18.2. The molecule has 6 nitrogen and oxygen atoms in total. The van der Waals surface area contributed by atoms with E-state index < -0.39 is 5.97 Å². The summed E-state index contributed by atoms with van der Waals surface area (Å²) in [5.41, 5.74) is 3.39. The van der Waals surface area contributed by atoms with Crippen molar-refractivity contribution in [3.63, 3.8) is 0 Å². The van der Waals surface area contributed by atoms with Crippen LogP contribution in [0.3, 0.4) is 0 Å². The maximum Gasteiger partial charge on any atom is 0.338 e. The molecule has 28 heavy (non-hydrogen) atoms. The molecule has 4 rings (SSSR count). The Hall–Kier alpha value is -3.15. The highest BCUT2D eigenvalue weighted by Gasteiger charge is 2.25. The maximum absolute atomic E-state index is 12.4.